The number of nitrogens with zero attached hydrogens (tertiary/aromatic N) is 2. The second-order valence-corrected chi connectivity index (χ2v) is 9.96. The minimum Gasteiger partial charge on any atom is -0.465 e. The van der Waals surface area contributed by atoms with Gasteiger partial charge < -0.3 is 19.7 Å². The summed E-state index contributed by atoms with van der Waals surface area (Å²) in [5, 5.41) is 3.65. The number of hydrogen-bond acceptors (Lipinski definition) is 5. The van der Waals surface area contributed by atoms with E-state index in [1.54, 1.807) is 30.0 Å². The molecule has 2 amide bonds. The van der Waals surface area contributed by atoms with E-state index in [2.05, 4.69) is 35.3 Å². The third-order valence-electron chi connectivity index (χ3n) is 6.84. The van der Waals surface area contributed by atoms with Crippen LogP contribution in [0.15, 0.2) is 66.7 Å². The molecule has 0 spiro atoms. The Morgan fingerprint density at radius 2 is 1.68 bits per heavy atom. The van der Waals surface area contributed by atoms with Crippen LogP contribution in [-0.2, 0) is 16.1 Å². The molecule has 4 rings (SSSR count). The lowest BCUT2D eigenvalue weighted by Gasteiger charge is -2.36. The van der Waals surface area contributed by atoms with Gasteiger partial charge in [0.2, 0.25) is 0 Å². The first-order valence-electron chi connectivity index (χ1n) is 12.7. The number of rotatable bonds is 8. The summed E-state index contributed by atoms with van der Waals surface area (Å²) in [6, 6.07) is 21.2. The average molecular weight is 536 g/mol. The molecule has 0 aliphatic carbocycles. The van der Waals surface area contributed by atoms with Gasteiger partial charge in [0.25, 0.3) is 0 Å². The van der Waals surface area contributed by atoms with Gasteiger partial charge in [-0.1, -0.05) is 59.6 Å². The maximum atomic E-state index is 13.0. The van der Waals surface area contributed by atoms with Crippen LogP contribution >= 0.6 is 11.6 Å². The van der Waals surface area contributed by atoms with Crippen LogP contribution in [0.3, 0.4) is 0 Å². The lowest BCUT2D eigenvalue weighted by Crippen LogP contribution is -2.50. The Bertz CT molecular complexity index is 1260. The monoisotopic (exact) mass is 535 g/mol. The Kier molecular flexibility index (Phi) is 9.39. The highest BCUT2D eigenvalue weighted by atomic mass is 35.5. The van der Waals surface area contributed by atoms with Gasteiger partial charge in [0, 0.05) is 43.4 Å². The number of esters is 1. The molecular weight excluding hydrogens is 502 g/mol. The predicted molar refractivity (Wildman–Crippen MR) is 150 cm³/mol. The molecule has 3 aromatic carbocycles. The number of amides is 2. The third kappa shape index (κ3) is 7.13. The highest BCUT2D eigenvalue weighted by Gasteiger charge is 2.25. The van der Waals surface area contributed by atoms with Crippen LogP contribution in [0, 0.1) is 13.8 Å². The van der Waals surface area contributed by atoms with Crippen molar-refractivity contribution in [2.24, 2.45) is 0 Å². The van der Waals surface area contributed by atoms with E-state index in [4.69, 9.17) is 21.1 Å². The van der Waals surface area contributed by atoms with E-state index in [1.807, 2.05) is 30.3 Å². The molecule has 7 nitrogen and oxygen atoms in total. The van der Waals surface area contributed by atoms with Crippen molar-refractivity contribution in [3.8, 4) is 0 Å². The summed E-state index contributed by atoms with van der Waals surface area (Å²) in [4.78, 5) is 29.1. The molecule has 3 aromatic rings. The summed E-state index contributed by atoms with van der Waals surface area (Å²) < 4.78 is 11.2. The maximum absolute atomic E-state index is 13.0. The number of halogens is 1. The number of ether oxygens (including phenoxy) is 2. The molecule has 1 aliphatic heterocycles. The number of carbonyl (C=O) groups excluding carboxylic acids is 2. The lowest BCUT2D eigenvalue weighted by atomic mass is 10.1. The fourth-order valence-electron chi connectivity index (χ4n) is 4.59. The molecule has 0 saturated carbocycles. The number of carbonyl (C=O) groups is 2. The van der Waals surface area contributed by atoms with Crippen molar-refractivity contribution in [1.29, 1.82) is 0 Å². The highest BCUT2D eigenvalue weighted by molar-refractivity contribution is 6.30. The Labute approximate surface area is 229 Å². The molecule has 1 atom stereocenters. The van der Waals surface area contributed by atoms with Gasteiger partial charge in [0.1, 0.15) is 0 Å². The first-order valence-corrected chi connectivity index (χ1v) is 13.1. The van der Waals surface area contributed by atoms with Gasteiger partial charge in [-0.3, -0.25) is 4.90 Å². The van der Waals surface area contributed by atoms with Crippen LogP contribution < -0.4 is 5.32 Å². The minimum absolute atomic E-state index is 0.128. The molecule has 38 heavy (non-hydrogen) atoms. The largest absolute Gasteiger partial charge is 0.465 e. The molecule has 1 saturated heterocycles. The van der Waals surface area contributed by atoms with Crippen LogP contribution in [0.1, 0.15) is 38.7 Å². The molecule has 1 N–H and O–H groups in total. The summed E-state index contributed by atoms with van der Waals surface area (Å²) in [6.07, 6.45) is -0.128. The molecule has 0 radical (unpaired) electrons. The van der Waals surface area contributed by atoms with Gasteiger partial charge in [-0.15, -0.1) is 0 Å². The summed E-state index contributed by atoms with van der Waals surface area (Å²) in [7, 11) is 1.34. The normalized spacial score (nSPS) is 14.7. The lowest BCUT2D eigenvalue weighted by molar-refractivity contribution is 0.00592. The number of urea groups is 1. The first kappa shape index (κ1) is 27.6. The molecule has 1 aliphatic rings. The zero-order valence-corrected chi connectivity index (χ0v) is 22.8. The SMILES string of the molecule is COC(=O)c1cccc(NC(=O)N2CCN(CC(OCc3cccc(C)c3)c3ccc(Cl)cc3)CC2)c1C. The topological polar surface area (TPSA) is 71.1 Å². The van der Waals surface area contributed by atoms with Crippen molar-refractivity contribution in [1.82, 2.24) is 9.80 Å². The van der Waals surface area contributed by atoms with Gasteiger partial charge in [0.05, 0.1) is 25.4 Å². The maximum Gasteiger partial charge on any atom is 0.338 e. The summed E-state index contributed by atoms with van der Waals surface area (Å²) in [5.74, 6) is -0.424. The number of nitrogens with one attached hydrogen (secondary N) is 1. The van der Waals surface area contributed by atoms with Crippen LogP contribution in [-0.4, -0.2) is 61.6 Å². The second kappa shape index (κ2) is 12.9. The van der Waals surface area contributed by atoms with Crippen molar-refractivity contribution in [2.75, 3.05) is 45.2 Å². The van der Waals surface area contributed by atoms with E-state index in [0.717, 1.165) is 24.2 Å². The molecule has 1 unspecified atom stereocenters. The summed E-state index contributed by atoms with van der Waals surface area (Å²) in [5.41, 5.74) is 5.14. The van der Waals surface area contributed by atoms with E-state index in [1.165, 1.54) is 12.7 Å². The number of methoxy groups -OCH3 is 1. The van der Waals surface area contributed by atoms with E-state index in [-0.39, 0.29) is 12.1 Å². The van der Waals surface area contributed by atoms with Crippen LogP contribution in [0.2, 0.25) is 5.02 Å². The Hall–Kier alpha value is -3.39. The van der Waals surface area contributed by atoms with Crippen molar-refractivity contribution < 1.29 is 19.1 Å². The van der Waals surface area contributed by atoms with Crippen molar-refractivity contribution >= 4 is 29.3 Å². The predicted octanol–water partition coefficient (Wildman–Crippen LogP) is 5.85. The molecule has 1 heterocycles. The van der Waals surface area contributed by atoms with Crippen molar-refractivity contribution in [3.63, 3.8) is 0 Å². The molecule has 8 heteroatoms. The molecule has 1 fully saturated rings. The molecule has 0 bridgehead atoms. The molecule has 200 valence electrons. The van der Waals surface area contributed by atoms with Gasteiger partial charge >= 0.3 is 12.0 Å². The van der Waals surface area contributed by atoms with Crippen LogP contribution in [0.5, 0.6) is 0 Å². The number of hydrogen-bond donors (Lipinski definition) is 1. The van der Waals surface area contributed by atoms with E-state index in [9.17, 15) is 9.59 Å². The second-order valence-electron chi connectivity index (χ2n) is 9.53. The Morgan fingerprint density at radius 3 is 2.37 bits per heavy atom. The summed E-state index contributed by atoms with van der Waals surface area (Å²) in [6.45, 7) is 7.74. The molecule has 0 aromatic heterocycles. The number of benzene rings is 3. The fourth-order valence-corrected chi connectivity index (χ4v) is 4.72. The summed E-state index contributed by atoms with van der Waals surface area (Å²) >= 11 is 6.13. The number of piperazine rings is 1. The van der Waals surface area contributed by atoms with Gasteiger partial charge in [0.15, 0.2) is 0 Å². The smallest absolute Gasteiger partial charge is 0.338 e. The Balaban J connectivity index is 1.36. The standard InChI is InChI=1S/C30H34ClN3O4/c1-21-6-4-7-23(18-21)20-38-28(24-10-12-25(31)13-11-24)19-33-14-16-34(17-15-33)30(36)32-27-9-5-8-26(22(27)2)29(35)37-3/h4-13,18,28H,14-17,19-20H2,1-3H3,(H,32,36). The minimum atomic E-state index is -0.424. The fraction of sp³-hybridized carbons (Fsp3) is 0.333. The van der Waals surface area contributed by atoms with E-state index in [0.29, 0.717) is 48.1 Å². The van der Waals surface area contributed by atoms with Gasteiger partial charge in [-0.25, -0.2) is 9.59 Å². The highest BCUT2D eigenvalue weighted by Crippen LogP contribution is 2.24. The average Bonchev–Trinajstić information content (AvgIpc) is 2.92. The number of anilines is 1. The zero-order chi connectivity index (χ0) is 27.1. The van der Waals surface area contributed by atoms with E-state index < -0.39 is 5.97 Å². The zero-order valence-electron chi connectivity index (χ0n) is 22.1. The van der Waals surface area contributed by atoms with Crippen LogP contribution in [0.25, 0.3) is 0 Å². The van der Waals surface area contributed by atoms with Crippen LogP contribution in [0.4, 0.5) is 10.5 Å². The third-order valence-corrected chi connectivity index (χ3v) is 7.09. The Morgan fingerprint density at radius 1 is 0.974 bits per heavy atom. The van der Waals surface area contributed by atoms with Crippen molar-refractivity contribution in [3.05, 3.63) is 99.6 Å². The van der Waals surface area contributed by atoms with Crippen molar-refractivity contribution in [2.45, 2.75) is 26.6 Å². The quantitative estimate of drug-likeness (QED) is 0.366. The first-order chi connectivity index (χ1) is 18.3. The van der Waals surface area contributed by atoms with Gasteiger partial charge in [-0.05, 0) is 54.8 Å². The molecular formula is C30H34ClN3O4. The number of aryl methyl sites for hydroxylation is 1. The van der Waals surface area contributed by atoms with E-state index >= 15 is 0 Å². The van der Waals surface area contributed by atoms with Gasteiger partial charge in [-0.2, -0.15) is 0 Å².